The van der Waals surface area contributed by atoms with E-state index in [4.69, 9.17) is 4.74 Å². The van der Waals surface area contributed by atoms with E-state index in [0.717, 1.165) is 19.4 Å². The molecule has 0 saturated carbocycles. The Balaban J connectivity index is 3.04. The van der Waals surface area contributed by atoms with Gasteiger partial charge in [-0.2, -0.15) is 0 Å². The van der Waals surface area contributed by atoms with Gasteiger partial charge in [0, 0.05) is 6.61 Å². The van der Waals surface area contributed by atoms with Crippen LogP contribution in [0.25, 0.3) is 0 Å². The molecule has 0 radical (unpaired) electrons. The van der Waals surface area contributed by atoms with Crippen molar-refractivity contribution in [1.29, 1.82) is 0 Å². The first-order chi connectivity index (χ1) is 4.31. The van der Waals surface area contributed by atoms with Crippen LogP contribution in [-0.4, -0.2) is 12.7 Å². The van der Waals surface area contributed by atoms with Gasteiger partial charge in [0.15, 0.2) is 0 Å². The van der Waals surface area contributed by atoms with E-state index in [9.17, 15) is 0 Å². The molecule has 1 nitrogen and oxygen atoms in total. The summed E-state index contributed by atoms with van der Waals surface area (Å²) in [6.45, 7) is 8.68. The molecule has 0 saturated heterocycles. The number of hydrogen-bond acceptors (Lipinski definition) is 1. The van der Waals surface area contributed by atoms with Crippen molar-refractivity contribution < 1.29 is 4.74 Å². The van der Waals surface area contributed by atoms with Crippen molar-refractivity contribution in [2.24, 2.45) is 0 Å². The summed E-state index contributed by atoms with van der Waals surface area (Å²) in [6, 6.07) is 0. The van der Waals surface area contributed by atoms with Crippen LogP contribution in [0.4, 0.5) is 0 Å². The molecular weight excluding hydrogens is 112 g/mol. The minimum Gasteiger partial charge on any atom is -0.378 e. The summed E-state index contributed by atoms with van der Waals surface area (Å²) in [5.74, 6) is 0. The van der Waals surface area contributed by atoms with Crippen LogP contribution in [0, 0.1) is 0 Å². The van der Waals surface area contributed by atoms with Crippen molar-refractivity contribution in [3.63, 3.8) is 0 Å². The lowest BCUT2D eigenvalue weighted by Gasteiger charge is -2.08. The maximum absolute atomic E-state index is 5.36. The summed E-state index contributed by atoms with van der Waals surface area (Å²) in [5, 5.41) is 0. The molecule has 0 N–H and O–H groups in total. The Kier molecular flexibility index (Phi) is 5.64. The second kappa shape index (κ2) is 5.83. The number of rotatable bonds is 5. The summed E-state index contributed by atoms with van der Waals surface area (Å²) >= 11 is 0. The van der Waals surface area contributed by atoms with Gasteiger partial charge in [0.25, 0.3) is 0 Å². The van der Waals surface area contributed by atoms with Crippen LogP contribution in [0.3, 0.4) is 0 Å². The molecular formula is C8H16O. The van der Waals surface area contributed by atoms with Crippen LogP contribution >= 0.6 is 0 Å². The van der Waals surface area contributed by atoms with Gasteiger partial charge in [-0.25, -0.2) is 0 Å². The minimum atomic E-state index is 0.349. The van der Waals surface area contributed by atoms with Gasteiger partial charge in [-0.3, -0.25) is 0 Å². The standard InChI is InChI=1S/C8H16O/c1-4-6-8(3)9-7-5-2/h4,8H,1,5-7H2,2-3H3/t8-/m0/s1. The minimum absolute atomic E-state index is 0.349. The molecule has 0 spiro atoms. The van der Waals surface area contributed by atoms with E-state index in [1.807, 2.05) is 6.08 Å². The highest BCUT2D eigenvalue weighted by Crippen LogP contribution is 1.97. The van der Waals surface area contributed by atoms with Crippen molar-refractivity contribution in [3.05, 3.63) is 12.7 Å². The third-order valence-corrected chi connectivity index (χ3v) is 1.11. The van der Waals surface area contributed by atoms with Gasteiger partial charge in [0.2, 0.25) is 0 Å². The Morgan fingerprint density at radius 1 is 1.67 bits per heavy atom. The molecule has 54 valence electrons. The molecule has 0 aromatic heterocycles. The Labute approximate surface area is 57.7 Å². The lowest BCUT2D eigenvalue weighted by molar-refractivity contribution is 0.0688. The van der Waals surface area contributed by atoms with Crippen LogP contribution in [0.1, 0.15) is 26.7 Å². The summed E-state index contributed by atoms with van der Waals surface area (Å²) in [4.78, 5) is 0. The monoisotopic (exact) mass is 128 g/mol. The second-order valence-corrected chi connectivity index (χ2v) is 2.21. The summed E-state index contributed by atoms with van der Waals surface area (Å²) in [5.41, 5.74) is 0. The molecule has 0 bridgehead atoms. The normalized spacial score (nSPS) is 13.1. The predicted molar refractivity (Wildman–Crippen MR) is 40.5 cm³/mol. The third kappa shape index (κ3) is 5.57. The Morgan fingerprint density at radius 2 is 2.33 bits per heavy atom. The van der Waals surface area contributed by atoms with E-state index in [1.165, 1.54) is 0 Å². The Bertz CT molecular complexity index is 69.0. The zero-order chi connectivity index (χ0) is 7.11. The molecule has 0 rings (SSSR count). The first kappa shape index (κ1) is 8.70. The van der Waals surface area contributed by atoms with E-state index in [-0.39, 0.29) is 0 Å². The summed E-state index contributed by atoms with van der Waals surface area (Å²) < 4.78 is 5.36. The van der Waals surface area contributed by atoms with Crippen LogP contribution in [0.15, 0.2) is 12.7 Å². The van der Waals surface area contributed by atoms with Crippen molar-refractivity contribution >= 4 is 0 Å². The molecule has 0 amide bonds. The molecule has 9 heavy (non-hydrogen) atoms. The van der Waals surface area contributed by atoms with E-state index >= 15 is 0 Å². The largest absolute Gasteiger partial charge is 0.378 e. The summed E-state index contributed by atoms with van der Waals surface area (Å²) in [7, 11) is 0. The average Bonchev–Trinajstić information content (AvgIpc) is 1.85. The lowest BCUT2D eigenvalue weighted by atomic mass is 10.3. The fourth-order valence-electron chi connectivity index (χ4n) is 0.622. The van der Waals surface area contributed by atoms with Gasteiger partial charge < -0.3 is 4.74 Å². The van der Waals surface area contributed by atoms with Gasteiger partial charge in [-0.05, 0) is 19.8 Å². The summed E-state index contributed by atoms with van der Waals surface area (Å²) in [6.07, 6.45) is 4.30. The maximum atomic E-state index is 5.36. The molecule has 0 unspecified atom stereocenters. The van der Waals surface area contributed by atoms with Gasteiger partial charge in [0.05, 0.1) is 6.10 Å². The third-order valence-electron chi connectivity index (χ3n) is 1.11. The van der Waals surface area contributed by atoms with Crippen LogP contribution in [0.2, 0.25) is 0 Å². The predicted octanol–water partition coefficient (Wildman–Crippen LogP) is 2.38. The molecule has 0 fully saturated rings. The smallest absolute Gasteiger partial charge is 0.0581 e. The van der Waals surface area contributed by atoms with E-state index < -0.39 is 0 Å². The molecule has 0 aliphatic rings. The van der Waals surface area contributed by atoms with Crippen LogP contribution in [0.5, 0.6) is 0 Å². The maximum Gasteiger partial charge on any atom is 0.0581 e. The highest BCUT2D eigenvalue weighted by Gasteiger charge is 1.95. The fourth-order valence-corrected chi connectivity index (χ4v) is 0.622. The van der Waals surface area contributed by atoms with Gasteiger partial charge in [-0.15, -0.1) is 6.58 Å². The molecule has 0 aromatic carbocycles. The molecule has 0 aromatic rings. The number of hydrogen-bond donors (Lipinski definition) is 0. The van der Waals surface area contributed by atoms with Gasteiger partial charge in [-0.1, -0.05) is 13.0 Å². The Hall–Kier alpha value is -0.300. The van der Waals surface area contributed by atoms with E-state index in [1.54, 1.807) is 0 Å². The van der Waals surface area contributed by atoms with Crippen molar-refractivity contribution in [2.75, 3.05) is 6.61 Å². The molecule has 1 heteroatoms. The Morgan fingerprint density at radius 3 is 2.78 bits per heavy atom. The topological polar surface area (TPSA) is 9.23 Å². The second-order valence-electron chi connectivity index (χ2n) is 2.21. The lowest BCUT2D eigenvalue weighted by Crippen LogP contribution is -2.06. The molecule has 0 aliphatic carbocycles. The quantitative estimate of drug-likeness (QED) is 0.516. The first-order valence-electron chi connectivity index (χ1n) is 3.53. The van der Waals surface area contributed by atoms with Crippen molar-refractivity contribution in [1.82, 2.24) is 0 Å². The first-order valence-corrected chi connectivity index (χ1v) is 3.53. The van der Waals surface area contributed by atoms with Crippen LogP contribution < -0.4 is 0 Å². The van der Waals surface area contributed by atoms with Crippen molar-refractivity contribution in [2.45, 2.75) is 32.8 Å². The van der Waals surface area contributed by atoms with Gasteiger partial charge in [0.1, 0.15) is 0 Å². The molecule has 0 heterocycles. The highest BCUT2D eigenvalue weighted by atomic mass is 16.5. The fraction of sp³-hybridized carbons (Fsp3) is 0.750. The van der Waals surface area contributed by atoms with E-state index in [0.29, 0.717) is 6.10 Å². The molecule has 1 atom stereocenters. The average molecular weight is 128 g/mol. The molecule has 0 aliphatic heterocycles. The van der Waals surface area contributed by atoms with Gasteiger partial charge >= 0.3 is 0 Å². The highest BCUT2D eigenvalue weighted by molar-refractivity contribution is 4.70. The number of ether oxygens (including phenoxy) is 1. The van der Waals surface area contributed by atoms with Crippen molar-refractivity contribution in [3.8, 4) is 0 Å². The zero-order valence-corrected chi connectivity index (χ0v) is 6.39. The zero-order valence-electron chi connectivity index (χ0n) is 6.39. The van der Waals surface area contributed by atoms with E-state index in [2.05, 4.69) is 20.4 Å². The SMILES string of the molecule is C=CC[C@H](C)OCCC. The van der Waals surface area contributed by atoms with Crippen LogP contribution in [-0.2, 0) is 4.74 Å².